The summed E-state index contributed by atoms with van der Waals surface area (Å²) in [5, 5.41) is 9.44. The van der Waals surface area contributed by atoms with Crippen LogP contribution < -0.4 is 4.74 Å². The average molecular weight is 192 g/mol. The van der Waals surface area contributed by atoms with E-state index in [-0.39, 0.29) is 12.0 Å². The molecule has 1 saturated carbocycles. The number of para-hydroxylation sites is 1. The molecular formula is C12H16O2. The first-order valence-corrected chi connectivity index (χ1v) is 4.99. The topological polar surface area (TPSA) is 29.5 Å². The molecule has 0 aliphatic heterocycles. The van der Waals surface area contributed by atoms with Crippen molar-refractivity contribution in [2.45, 2.75) is 18.8 Å². The van der Waals surface area contributed by atoms with Gasteiger partial charge in [-0.1, -0.05) is 25.1 Å². The van der Waals surface area contributed by atoms with Gasteiger partial charge in [0.05, 0.1) is 13.7 Å². The Hall–Kier alpha value is -1.02. The lowest BCUT2D eigenvalue weighted by molar-refractivity contribution is 0.243. The van der Waals surface area contributed by atoms with Crippen LogP contribution in [-0.2, 0) is 5.41 Å². The average Bonchev–Trinajstić information content (AvgIpc) is 2.91. The van der Waals surface area contributed by atoms with Crippen LogP contribution in [0.25, 0.3) is 0 Å². The minimum absolute atomic E-state index is 0.0351. The van der Waals surface area contributed by atoms with Gasteiger partial charge in [0.2, 0.25) is 0 Å². The molecule has 14 heavy (non-hydrogen) atoms. The zero-order valence-corrected chi connectivity index (χ0v) is 8.66. The summed E-state index contributed by atoms with van der Waals surface area (Å²) in [7, 11) is 1.68. The lowest BCUT2D eigenvalue weighted by Crippen LogP contribution is -2.15. The Morgan fingerprint density at radius 3 is 2.64 bits per heavy atom. The number of hydrogen-bond donors (Lipinski definition) is 1. The lowest BCUT2D eigenvalue weighted by Gasteiger charge is -2.17. The highest BCUT2D eigenvalue weighted by Gasteiger charge is 2.53. The highest BCUT2D eigenvalue weighted by molar-refractivity contribution is 5.44. The van der Waals surface area contributed by atoms with E-state index in [1.807, 2.05) is 18.2 Å². The maximum absolute atomic E-state index is 9.44. The van der Waals surface area contributed by atoms with Crippen LogP contribution in [0.1, 0.15) is 18.9 Å². The molecule has 76 valence electrons. The third-order valence-corrected chi connectivity index (χ3v) is 3.38. The van der Waals surface area contributed by atoms with Crippen molar-refractivity contribution in [3.05, 3.63) is 29.8 Å². The summed E-state index contributed by atoms with van der Waals surface area (Å²) in [6, 6.07) is 7.97. The van der Waals surface area contributed by atoms with Crippen molar-refractivity contribution in [3.63, 3.8) is 0 Å². The van der Waals surface area contributed by atoms with Crippen molar-refractivity contribution in [3.8, 4) is 5.75 Å². The molecule has 0 amide bonds. The van der Waals surface area contributed by atoms with Crippen LogP contribution in [0.15, 0.2) is 24.3 Å². The molecule has 1 aliphatic rings. The van der Waals surface area contributed by atoms with Gasteiger partial charge < -0.3 is 9.84 Å². The predicted octanol–water partition coefficient (Wildman–Crippen LogP) is 1.97. The summed E-state index contributed by atoms with van der Waals surface area (Å²) in [6.45, 7) is 2.39. The molecule has 2 unspecified atom stereocenters. The van der Waals surface area contributed by atoms with Gasteiger partial charge in [-0.15, -0.1) is 0 Å². The molecule has 1 fully saturated rings. The molecule has 2 heteroatoms. The number of aliphatic hydroxyl groups excluding tert-OH is 1. The molecule has 1 N–H and O–H groups in total. The van der Waals surface area contributed by atoms with Crippen LogP contribution in [0.5, 0.6) is 5.75 Å². The monoisotopic (exact) mass is 192 g/mol. The summed E-state index contributed by atoms with van der Waals surface area (Å²) in [5.74, 6) is 1.45. The van der Waals surface area contributed by atoms with Crippen LogP contribution in [-0.4, -0.2) is 18.8 Å². The molecule has 2 rings (SSSR count). The summed E-state index contributed by atoms with van der Waals surface area (Å²) in [4.78, 5) is 0. The van der Waals surface area contributed by atoms with E-state index in [4.69, 9.17) is 4.74 Å². The molecular weight excluding hydrogens is 176 g/mol. The summed E-state index contributed by atoms with van der Waals surface area (Å²) in [6.07, 6.45) is 1.06. The van der Waals surface area contributed by atoms with Crippen molar-refractivity contribution >= 4 is 0 Å². The van der Waals surface area contributed by atoms with Crippen LogP contribution in [0.2, 0.25) is 0 Å². The Morgan fingerprint density at radius 2 is 2.14 bits per heavy atom. The third kappa shape index (κ3) is 1.22. The van der Waals surface area contributed by atoms with Gasteiger partial charge in [0.1, 0.15) is 5.75 Å². The fourth-order valence-electron chi connectivity index (χ4n) is 2.22. The van der Waals surface area contributed by atoms with Gasteiger partial charge >= 0.3 is 0 Å². The molecule has 0 aromatic heterocycles. The fraction of sp³-hybridized carbons (Fsp3) is 0.500. The number of aliphatic hydroxyl groups is 1. The SMILES string of the molecule is COc1ccccc1C1(CO)CC1C. The van der Waals surface area contributed by atoms with E-state index in [1.54, 1.807) is 7.11 Å². The number of ether oxygens (including phenoxy) is 1. The van der Waals surface area contributed by atoms with E-state index in [0.29, 0.717) is 5.92 Å². The number of benzene rings is 1. The Bertz CT molecular complexity index is 331. The molecule has 0 spiro atoms. The quantitative estimate of drug-likeness (QED) is 0.793. The molecule has 2 atom stereocenters. The summed E-state index contributed by atoms with van der Waals surface area (Å²) >= 11 is 0. The second-order valence-corrected chi connectivity index (χ2v) is 4.12. The Balaban J connectivity index is 2.41. The normalized spacial score (nSPS) is 30.1. The van der Waals surface area contributed by atoms with Crippen LogP contribution in [0.4, 0.5) is 0 Å². The molecule has 0 saturated heterocycles. The Morgan fingerprint density at radius 1 is 1.50 bits per heavy atom. The summed E-state index contributed by atoms with van der Waals surface area (Å²) in [5.41, 5.74) is 1.12. The highest BCUT2D eigenvalue weighted by atomic mass is 16.5. The van der Waals surface area contributed by atoms with Gasteiger partial charge in [-0.2, -0.15) is 0 Å². The predicted molar refractivity (Wildman–Crippen MR) is 55.5 cm³/mol. The minimum Gasteiger partial charge on any atom is -0.496 e. The Kier molecular flexibility index (Phi) is 2.23. The first-order chi connectivity index (χ1) is 6.74. The fourth-order valence-corrected chi connectivity index (χ4v) is 2.22. The zero-order valence-electron chi connectivity index (χ0n) is 8.66. The standard InChI is InChI=1S/C12H16O2/c1-9-7-12(9,8-13)10-5-3-4-6-11(10)14-2/h3-6,9,13H,7-8H2,1-2H3. The third-order valence-electron chi connectivity index (χ3n) is 3.38. The van der Waals surface area contributed by atoms with E-state index >= 15 is 0 Å². The smallest absolute Gasteiger partial charge is 0.122 e. The van der Waals surface area contributed by atoms with E-state index in [9.17, 15) is 5.11 Å². The van der Waals surface area contributed by atoms with Crippen LogP contribution in [0.3, 0.4) is 0 Å². The molecule has 0 radical (unpaired) electrons. The van der Waals surface area contributed by atoms with E-state index < -0.39 is 0 Å². The van der Waals surface area contributed by atoms with Gasteiger partial charge in [0.25, 0.3) is 0 Å². The molecule has 1 aromatic rings. The van der Waals surface area contributed by atoms with Gasteiger partial charge in [0, 0.05) is 11.0 Å². The molecule has 0 bridgehead atoms. The Labute approximate surface area is 84.5 Å². The zero-order chi connectivity index (χ0) is 10.2. The van der Waals surface area contributed by atoms with Crippen molar-refractivity contribution in [1.82, 2.24) is 0 Å². The maximum Gasteiger partial charge on any atom is 0.122 e. The van der Waals surface area contributed by atoms with Crippen molar-refractivity contribution in [2.24, 2.45) is 5.92 Å². The van der Waals surface area contributed by atoms with E-state index in [0.717, 1.165) is 17.7 Å². The van der Waals surface area contributed by atoms with Crippen LogP contribution in [0, 0.1) is 5.92 Å². The second-order valence-electron chi connectivity index (χ2n) is 4.12. The van der Waals surface area contributed by atoms with E-state index in [1.165, 1.54) is 0 Å². The number of methoxy groups -OCH3 is 1. The molecule has 1 aliphatic carbocycles. The highest BCUT2D eigenvalue weighted by Crippen LogP contribution is 2.55. The van der Waals surface area contributed by atoms with Crippen molar-refractivity contribution in [1.29, 1.82) is 0 Å². The van der Waals surface area contributed by atoms with E-state index in [2.05, 4.69) is 13.0 Å². The first kappa shape index (κ1) is 9.53. The van der Waals surface area contributed by atoms with Gasteiger partial charge in [0.15, 0.2) is 0 Å². The van der Waals surface area contributed by atoms with Gasteiger partial charge in [-0.05, 0) is 18.4 Å². The van der Waals surface area contributed by atoms with Gasteiger partial charge in [-0.3, -0.25) is 0 Å². The minimum atomic E-state index is -0.0351. The number of rotatable bonds is 3. The molecule has 0 heterocycles. The van der Waals surface area contributed by atoms with Crippen molar-refractivity contribution < 1.29 is 9.84 Å². The first-order valence-electron chi connectivity index (χ1n) is 4.99. The van der Waals surface area contributed by atoms with Crippen molar-refractivity contribution in [2.75, 3.05) is 13.7 Å². The van der Waals surface area contributed by atoms with Gasteiger partial charge in [-0.25, -0.2) is 0 Å². The second kappa shape index (κ2) is 3.28. The summed E-state index contributed by atoms with van der Waals surface area (Å²) < 4.78 is 5.31. The maximum atomic E-state index is 9.44. The number of hydrogen-bond acceptors (Lipinski definition) is 2. The lowest BCUT2D eigenvalue weighted by atomic mass is 9.93. The largest absolute Gasteiger partial charge is 0.496 e. The van der Waals surface area contributed by atoms with Crippen LogP contribution >= 0.6 is 0 Å². The molecule has 1 aromatic carbocycles. The molecule has 2 nitrogen and oxygen atoms in total.